The first-order chi connectivity index (χ1) is 33.5. The molecule has 0 aliphatic heterocycles. The fourth-order valence-electron chi connectivity index (χ4n) is 8.18. The number of nitrogens with zero attached hydrogens (tertiary/aromatic N) is 1. The highest BCUT2D eigenvalue weighted by atomic mass is 31.2. The minimum atomic E-state index is -4.58. The molecule has 3 atom stereocenters. The molecule has 0 fully saturated rings. The molecule has 0 spiro atoms. The number of aliphatic hydroxyl groups is 1. The van der Waals surface area contributed by atoms with Gasteiger partial charge in [0.2, 0.25) is 5.91 Å². The minimum absolute atomic E-state index is 0.00154. The van der Waals surface area contributed by atoms with Crippen molar-refractivity contribution in [3.63, 3.8) is 0 Å². The number of carbonyl (C=O) groups excluding carboxylic acids is 1. The Morgan fingerprint density at radius 3 is 1.29 bits per heavy atom. The summed E-state index contributed by atoms with van der Waals surface area (Å²) in [6.45, 7) is 4.45. The zero-order valence-corrected chi connectivity index (χ0v) is 46.6. The van der Waals surface area contributed by atoms with Crippen molar-refractivity contribution in [2.24, 2.45) is 0 Å². The van der Waals surface area contributed by atoms with Gasteiger partial charge in [0.05, 0.1) is 39.9 Å². The van der Waals surface area contributed by atoms with Crippen LogP contribution in [0, 0.1) is 0 Å². The number of rotatable bonds is 52. The van der Waals surface area contributed by atoms with Gasteiger partial charge in [0.15, 0.2) is 0 Å². The molecule has 0 saturated heterocycles. The van der Waals surface area contributed by atoms with Gasteiger partial charge in [-0.05, 0) is 64.2 Å². The molecule has 0 aromatic carbocycles. The van der Waals surface area contributed by atoms with Gasteiger partial charge < -0.3 is 28.8 Å². The Balaban J connectivity index is 3.71. The summed E-state index contributed by atoms with van der Waals surface area (Å²) in [6, 6.07) is -0.882. The van der Waals surface area contributed by atoms with Crippen molar-refractivity contribution in [3.05, 3.63) is 72.9 Å². The van der Waals surface area contributed by atoms with Crippen molar-refractivity contribution in [2.75, 3.05) is 40.9 Å². The SMILES string of the molecule is CC/C=C\C/C=C\C/C=C\C/C=C\C/C=C\CCCCCCCCCCCCCCCCCCCCCCCCCCCC(=O)NC(COP(=O)([O-])OCC[N+](C)(C)C)C(O)/C=C/CCCCCC. The first kappa shape index (κ1) is 66.9. The summed E-state index contributed by atoms with van der Waals surface area (Å²) in [5.41, 5.74) is 0. The minimum Gasteiger partial charge on any atom is -0.756 e. The van der Waals surface area contributed by atoms with Crippen LogP contribution in [0.4, 0.5) is 0 Å². The van der Waals surface area contributed by atoms with Gasteiger partial charge in [0.1, 0.15) is 13.2 Å². The first-order valence-electron chi connectivity index (χ1n) is 28.8. The molecule has 0 radical (unpaired) electrons. The summed E-state index contributed by atoms with van der Waals surface area (Å²) in [7, 11) is 1.26. The van der Waals surface area contributed by atoms with Crippen LogP contribution in [-0.4, -0.2) is 68.5 Å². The molecule has 0 bridgehead atoms. The van der Waals surface area contributed by atoms with Crippen LogP contribution in [0.1, 0.15) is 251 Å². The number of carbonyl (C=O) groups is 1. The fraction of sp³-hybridized carbons (Fsp3) is 0.783. The van der Waals surface area contributed by atoms with Crippen molar-refractivity contribution in [1.82, 2.24) is 5.32 Å². The highest BCUT2D eigenvalue weighted by Crippen LogP contribution is 2.38. The number of amides is 1. The van der Waals surface area contributed by atoms with E-state index in [1.807, 2.05) is 27.2 Å². The second-order valence-corrected chi connectivity index (χ2v) is 22.0. The van der Waals surface area contributed by atoms with Gasteiger partial charge in [0, 0.05) is 6.42 Å². The molecular formula is C60H111N2O6P. The van der Waals surface area contributed by atoms with Gasteiger partial charge in [-0.15, -0.1) is 0 Å². The monoisotopic (exact) mass is 987 g/mol. The van der Waals surface area contributed by atoms with Crippen LogP contribution in [0.3, 0.4) is 0 Å². The number of hydrogen-bond acceptors (Lipinski definition) is 6. The van der Waals surface area contributed by atoms with Gasteiger partial charge in [-0.1, -0.05) is 254 Å². The smallest absolute Gasteiger partial charge is 0.268 e. The second kappa shape index (κ2) is 50.9. The van der Waals surface area contributed by atoms with Crippen LogP contribution in [0.25, 0.3) is 0 Å². The lowest BCUT2D eigenvalue weighted by molar-refractivity contribution is -0.870. The highest BCUT2D eigenvalue weighted by molar-refractivity contribution is 7.45. The molecule has 9 heteroatoms. The quantitative estimate of drug-likeness (QED) is 0.0272. The molecule has 0 aromatic heterocycles. The number of allylic oxidation sites excluding steroid dienone is 11. The van der Waals surface area contributed by atoms with Gasteiger partial charge >= 0.3 is 0 Å². The van der Waals surface area contributed by atoms with Crippen LogP contribution in [0.5, 0.6) is 0 Å². The molecule has 3 unspecified atom stereocenters. The van der Waals surface area contributed by atoms with E-state index in [1.54, 1.807) is 6.08 Å². The number of likely N-dealkylation sites (N-methyl/N-ethyl adjacent to an activating group) is 1. The van der Waals surface area contributed by atoms with E-state index in [0.717, 1.165) is 77.0 Å². The Bertz CT molecular complexity index is 1350. The summed E-state index contributed by atoms with van der Waals surface area (Å²) < 4.78 is 23.1. The normalized spacial score (nSPS) is 14.5. The van der Waals surface area contributed by atoms with E-state index < -0.39 is 20.0 Å². The summed E-state index contributed by atoms with van der Waals surface area (Å²) in [5, 5.41) is 13.7. The Hall–Kier alpha value is -2.06. The summed E-state index contributed by atoms with van der Waals surface area (Å²) in [6.07, 6.45) is 70.5. The molecule has 8 nitrogen and oxygen atoms in total. The van der Waals surface area contributed by atoms with Crippen molar-refractivity contribution in [3.8, 4) is 0 Å². The molecule has 0 aliphatic carbocycles. The van der Waals surface area contributed by atoms with E-state index in [-0.39, 0.29) is 19.1 Å². The van der Waals surface area contributed by atoms with Crippen LogP contribution in [-0.2, 0) is 18.4 Å². The number of aliphatic hydroxyl groups excluding tert-OH is 1. The second-order valence-electron chi connectivity index (χ2n) is 20.6. The van der Waals surface area contributed by atoms with Crippen molar-refractivity contribution in [2.45, 2.75) is 264 Å². The zero-order chi connectivity index (χ0) is 50.6. The molecule has 0 saturated carbocycles. The third-order valence-electron chi connectivity index (χ3n) is 12.7. The molecule has 0 aromatic rings. The predicted molar refractivity (Wildman–Crippen MR) is 297 cm³/mol. The molecule has 69 heavy (non-hydrogen) atoms. The molecule has 0 rings (SSSR count). The van der Waals surface area contributed by atoms with E-state index in [2.05, 4.69) is 79.9 Å². The lowest BCUT2D eigenvalue weighted by atomic mass is 10.0. The number of hydrogen-bond donors (Lipinski definition) is 2. The van der Waals surface area contributed by atoms with Crippen LogP contribution >= 0.6 is 7.82 Å². The largest absolute Gasteiger partial charge is 0.756 e. The maximum Gasteiger partial charge on any atom is 0.268 e. The van der Waals surface area contributed by atoms with Gasteiger partial charge in [0.25, 0.3) is 7.82 Å². The molecule has 0 aliphatic rings. The average molecular weight is 988 g/mol. The number of phosphoric ester groups is 1. The van der Waals surface area contributed by atoms with E-state index in [9.17, 15) is 19.4 Å². The fourth-order valence-corrected chi connectivity index (χ4v) is 8.90. The number of unbranched alkanes of at least 4 members (excludes halogenated alkanes) is 29. The number of nitrogens with one attached hydrogen (secondary N) is 1. The van der Waals surface area contributed by atoms with E-state index in [0.29, 0.717) is 17.4 Å². The summed E-state index contributed by atoms with van der Waals surface area (Å²) in [4.78, 5) is 25.2. The Kier molecular flexibility index (Phi) is 49.3. The topological polar surface area (TPSA) is 108 Å². The zero-order valence-electron chi connectivity index (χ0n) is 45.8. The summed E-state index contributed by atoms with van der Waals surface area (Å²) in [5.74, 6) is -0.201. The number of quaternary nitrogens is 1. The van der Waals surface area contributed by atoms with Crippen molar-refractivity contribution < 1.29 is 32.9 Å². The first-order valence-corrected chi connectivity index (χ1v) is 30.3. The molecule has 2 N–H and O–H groups in total. The van der Waals surface area contributed by atoms with Crippen LogP contribution in [0.2, 0.25) is 0 Å². The third-order valence-corrected chi connectivity index (χ3v) is 13.6. The van der Waals surface area contributed by atoms with Crippen LogP contribution in [0.15, 0.2) is 72.9 Å². The maximum atomic E-state index is 12.8. The lowest BCUT2D eigenvalue weighted by Gasteiger charge is -2.29. The summed E-state index contributed by atoms with van der Waals surface area (Å²) >= 11 is 0. The Morgan fingerprint density at radius 1 is 0.522 bits per heavy atom. The van der Waals surface area contributed by atoms with Gasteiger partial charge in [-0.25, -0.2) is 0 Å². The number of phosphoric acid groups is 1. The highest BCUT2D eigenvalue weighted by Gasteiger charge is 2.23. The molecule has 402 valence electrons. The standard InChI is InChI=1S/C60H111N2O6P/c1-6-8-10-12-14-15-16-17-18-19-20-21-22-23-24-25-26-27-28-29-30-31-32-33-34-35-36-37-38-39-40-41-42-43-44-45-46-47-48-50-52-54-60(64)61-58(59(63)53-51-49-13-11-9-7-2)57-68-69(65,66)67-56-55-62(3,4)5/h8,10,14-15,17-18,20-21,23-24,51,53,58-59,63H,6-7,9,11-13,16,19,22,25-50,52,54-57H2,1-5H3,(H-,61,64,65,66)/b10-8-,15-14-,18-17-,21-20-,24-23-,53-51+. The van der Waals surface area contributed by atoms with Crippen molar-refractivity contribution in [1.29, 1.82) is 0 Å². The third kappa shape index (κ3) is 53.6. The Morgan fingerprint density at radius 2 is 0.884 bits per heavy atom. The maximum absolute atomic E-state index is 12.8. The van der Waals surface area contributed by atoms with Gasteiger partial charge in [-0.3, -0.25) is 9.36 Å². The van der Waals surface area contributed by atoms with Gasteiger partial charge in [-0.2, -0.15) is 0 Å². The van der Waals surface area contributed by atoms with Crippen molar-refractivity contribution >= 4 is 13.7 Å². The molecule has 1 amide bonds. The van der Waals surface area contributed by atoms with E-state index in [1.165, 1.54) is 154 Å². The Labute approximate surface area is 427 Å². The van der Waals surface area contributed by atoms with E-state index >= 15 is 0 Å². The van der Waals surface area contributed by atoms with Crippen LogP contribution < -0.4 is 10.2 Å². The van der Waals surface area contributed by atoms with E-state index in [4.69, 9.17) is 9.05 Å². The average Bonchev–Trinajstić information content (AvgIpc) is 3.31. The predicted octanol–water partition coefficient (Wildman–Crippen LogP) is 16.9. The lowest BCUT2D eigenvalue weighted by Crippen LogP contribution is -2.45. The molecule has 0 heterocycles. The molecular weight excluding hydrogens is 876 g/mol.